The standard InChI is InChI=1S/C23H25FN4O4S2.ClH/c1-17-7-8-18(24)15-23(17)34(31,32)26-21-10-9-19(28-13-11-25-12-14-28)16-22(21)27-33(29,30)20-5-3-2-4-6-20;/h2-10,15-16,25-27H,11-14H2,1H3;1H. The molecule has 0 unspecified atom stereocenters. The SMILES string of the molecule is Cc1ccc(F)cc1S(=O)(=O)Nc1ccc(N2CCNCC2)cc1NS(=O)(=O)c1ccccc1.Cl. The summed E-state index contributed by atoms with van der Waals surface area (Å²) in [5, 5.41) is 3.25. The molecule has 0 aliphatic carbocycles. The Morgan fingerprint density at radius 3 is 2.17 bits per heavy atom. The van der Waals surface area contributed by atoms with Gasteiger partial charge >= 0.3 is 0 Å². The fraction of sp³-hybridized carbons (Fsp3) is 0.217. The summed E-state index contributed by atoms with van der Waals surface area (Å²) in [5.41, 5.74) is 1.20. The van der Waals surface area contributed by atoms with Gasteiger partial charge in [0.05, 0.1) is 21.2 Å². The highest BCUT2D eigenvalue weighted by molar-refractivity contribution is 7.93. The number of nitrogens with zero attached hydrogens (tertiary/aromatic N) is 1. The zero-order valence-corrected chi connectivity index (χ0v) is 21.3. The van der Waals surface area contributed by atoms with Gasteiger partial charge in [0, 0.05) is 31.9 Å². The van der Waals surface area contributed by atoms with Crippen molar-refractivity contribution < 1.29 is 21.2 Å². The summed E-state index contributed by atoms with van der Waals surface area (Å²) < 4.78 is 70.9. The summed E-state index contributed by atoms with van der Waals surface area (Å²) in [4.78, 5) is 1.89. The first-order chi connectivity index (χ1) is 16.2. The van der Waals surface area contributed by atoms with Gasteiger partial charge in [-0.1, -0.05) is 24.3 Å². The summed E-state index contributed by atoms with van der Waals surface area (Å²) in [7, 11) is -8.19. The maximum absolute atomic E-state index is 13.8. The van der Waals surface area contributed by atoms with E-state index in [1.165, 1.54) is 30.3 Å². The average Bonchev–Trinajstić information content (AvgIpc) is 2.82. The van der Waals surface area contributed by atoms with Gasteiger partial charge in [-0.25, -0.2) is 21.2 Å². The first-order valence-corrected chi connectivity index (χ1v) is 13.6. The number of benzene rings is 3. The van der Waals surface area contributed by atoms with Crippen LogP contribution in [0.15, 0.2) is 76.5 Å². The largest absolute Gasteiger partial charge is 0.369 e. The molecule has 1 saturated heterocycles. The van der Waals surface area contributed by atoms with E-state index in [1.54, 1.807) is 37.3 Å². The van der Waals surface area contributed by atoms with Crippen LogP contribution in [0.4, 0.5) is 21.5 Å². The van der Waals surface area contributed by atoms with Crippen LogP contribution in [-0.2, 0) is 20.0 Å². The molecule has 0 saturated carbocycles. The molecule has 0 amide bonds. The quantitative estimate of drug-likeness (QED) is 0.423. The van der Waals surface area contributed by atoms with Gasteiger partial charge < -0.3 is 10.2 Å². The highest BCUT2D eigenvalue weighted by Gasteiger charge is 2.23. The lowest BCUT2D eigenvalue weighted by Gasteiger charge is -2.30. The van der Waals surface area contributed by atoms with Crippen LogP contribution < -0.4 is 19.7 Å². The molecule has 4 rings (SSSR count). The van der Waals surface area contributed by atoms with E-state index >= 15 is 0 Å². The minimum Gasteiger partial charge on any atom is -0.369 e. The van der Waals surface area contributed by atoms with E-state index in [2.05, 4.69) is 19.7 Å². The summed E-state index contributed by atoms with van der Waals surface area (Å²) in [6, 6.07) is 16.1. The van der Waals surface area contributed by atoms with Crippen LogP contribution in [0, 0.1) is 12.7 Å². The Bertz CT molecular complexity index is 1400. The van der Waals surface area contributed by atoms with Gasteiger partial charge in [-0.15, -0.1) is 12.4 Å². The zero-order valence-electron chi connectivity index (χ0n) is 18.9. The van der Waals surface area contributed by atoms with Crippen LogP contribution in [0.5, 0.6) is 0 Å². The van der Waals surface area contributed by atoms with Crippen molar-refractivity contribution in [3.05, 3.63) is 78.1 Å². The number of piperazine rings is 1. The second-order valence-electron chi connectivity index (χ2n) is 7.90. The van der Waals surface area contributed by atoms with Crippen LogP contribution >= 0.6 is 12.4 Å². The Hall–Kier alpha value is -2.86. The van der Waals surface area contributed by atoms with Crippen LogP contribution in [0.2, 0.25) is 0 Å². The minimum atomic E-state index is -4.20. The first kappa shape index (κ1) is 26.7. The lowest BCUT2D eigenvalue weighted by atomic mass is 10.2. The molecule has 3 aromatic carbocycles. The predicted molar refractivity (Wildman–Crippen MR) is 138 cm³/mol. The smallest absolute Gasteiger partial charge is 0.262 e. The van der Waals surface area contributed by atoms with E-state index in [-0.39, 0.29) is 33.6 Å². The van der Waals surface area contributed by atoms with Crippen LogP contribution in [0.25, 0.3) is 0 Å². The number of sulfonamides is 2. The highest BCUT2D eigenvalue weighted by atomic mass is 35.5. The number of nitrogens with one attached hydrogen (secondary N) is 3. The third kappa shape index (κ3) is 6.23. The van der Waals surface area contributed by atoms with E-state index in [4.69, 9.17) is 0 Å². The lowest BCUT2D eigenvalue weighted by Crippen LogP contribution is -2.43. The molecule has 3 N–H and O–H groups in total. The molecule has 1 fully saturated rings. The van der Waals surface area contributed by atoms with E-state index in [1.807, 2.05) is 0 Å². The third-order valence-corrected chi connectivity index (χ3v) is 8.36. The molecular weight excluding hydrogens is 515 g/mol. The molecule has 3 aromatic rings. The van der Waals surface area contributed by atoms with Gasteiger partial charge in [0.1, 0.15) is 5.82 Å². The van der Waals surface area contributed by atoms with E-state index in [9.17, 15) is 21.2 Å². The number of rotatable bonds is 7. The predicted octanol–water partition coefficient (Wildman–Crippen LogP) is 3.57. The van der Waals surface area contributed by atoms with E-state index in [0.29, 0.717) is 5.56 Å². The van der Waals surface area contributed by atoms with Crippen molar-refractivity contribution in [2.75, 3.05) is 40.5 Å². The van der Waals surface area contributed by atoms with Gasteiger partial charge in [-0.05, 0) is 55.0 Å². The van der Waals surface area contributed by atoms with Gasteiger partial charge in [0.25, 0.3) is 20.0 Å². The fourth-order valence-corrected chi connectivity index (χ4v) is 6.12. The monoisotopic (exact) mass is 540 g/mol. The van der Waals surface area contributed by atoms with Gasteiger partial charge in [0.2, 0.25) is 0 Å². The van der Waals surface area contributed by atoms with Crippen molar-refractivity contribution in [3.8, 4) is 0 Å². The molecule has 12 heteroatoms. The molecule has 188 valence electrons. The molecule has 8 nitrogen and oxygen atoms in total. The maximum atomic E-state index is 13.8. The van der Waals surface area contributed by atoms with Crippen LogP contribution in [0.1, 0.15) is 5.56 Å². The topological polar surface area (TPSA) is 108 Å². The number of hydrogen-bond donors (Lipinski definition) is 3. The lowest BCUT2D eigenvalue weighted by molar-refractivity contribution is 0.589. The maximum Gasteiger partial charge on any atom is 0.262 e. The molecular formula is C23H26ClFN4O4S2. The zero-order chi connectivity index (χ0) is 24.3. The molecule has 35 heavy (non-hydrogen) atoms. The van der Waals surface area contributed by atoms with Crippen molar-refractivity contribution >= 4 is 49.5 Å². The number of halogens is 2. The summed E-state index contributed by atoms with van der Waals surface area (Å²) in [5.74, 6) is -0.690. The average molecular weight is 541 g/mol. The molecule has 0 atom stereocenters. The normalized spacial score (nSPS) is 14.2. The minimum absolute atomic E-state index is 0. The second kappa shape index (κ2) is 10.8. The molecule has 1 heterocycles. The molecule has 0 bridgehead atoms. The summed E-state index contributed by atoms with van der Waals surface area (Å²) in [6.45, 7) is 4.55. The Morgan fingerprint density at radius 2 is 1.49 bits per heavy atom. The summed E-state index contributed by atoms with van der Waals surface area (Å²) >= 11 is 0. The van der Waals surface area contributed by atoms with Gasteiger partial charge in [-0.3, -0.25) is 9.44 Å². The molecule has 1 aliphatic heterocycles. The molecule has 0 spiro atoms. The third-order valence-electron chi connectivity index (χ3n) is 5.47. The number of anilines is 3. The van der Waals surface area contributed by atoms with Crippen molar-refractivity contribution in [1.29, 1.82) is 0 Å². The Labute approximate surface area is 211 Å². The van der Waals surface area contributed by atoms with Crippen molar-refractivity contribution in [3.63, 3.8) is 0 Å². The molecule has 1 aliphatic rings. The Morgan fingerprint density at radius 1 is 0.829 bits per heavy atom. The first-order valence-electron chi connectivity index (χ1n) is 10.6. The van der Waals surface area contributed by atoms with Gasteiger partial charge in [0.15, 0.2) is 0 Å². The fourth-order valence-electron chi connectivity index (χ4n) is 3.69. The van der Waals surface area contributed by atoms with Gasteiger partial charge in [-0.2, -0.15) is 0 Å². The van der Waals surface area contributed by atoms with E-state index in [0.717, 1.165) is 37.9 Å². The van der Waals surface area contributed by atoms with Crippen LogP contribution in [0.3, 0.4) is 0 Å². The molecule has 0 aromatic heterocycles. The summed E-state index contributed by atoms with van der Waals surface area (Å²) in [6.07, 6.45) is 0. The molecule has 0 radical (unpaired) electrons. The highest BCUT2D eigenvalue weighted by Crippen LogP contribution is 2.32. The number of aryl methyl sites for hydroxylation is 1. The second-order valence-corrected chi connectivity index (χ2v) is 11.2. The van der Waals surface area contributed by atoms with Crippen molar-refractivity contribution in [1.82, 2.24) is 5.32 Å². The Balaban J connectivity index is 0.00000342. The van der Waals surface area contributed by atoms with E-state index < -0.39 is 25.9 Å². The Kier molecular flexibility index (Phi) is 8.26. The van der Waals surface area contributed by atoms with Crippen LogP contribution in [-0.4, -0.2) is 43.0 Å². The van der Waals surface area contributed by atoms with Crippen molar-refractivity contribution in [2.45, 2.75) is 16.7 Å². The number of hydrogen-bond acceptors (Lipinski definition) is 6. The van der Waals surface area contributed by atoms with Crippen molar-refractivity contribution in [2.24, 2.45) is 0 Å².